The summed E-state index contributed by atoms with van der Waals surface area (Å²) in [5, 5.41) is 0. The van der Waals surface area contributed by atoms with E-state index >= 15 is 0 Å². The van der Waals surface area contributed by atoms with Crippen molar-refractivity contribution >= 4 is 70.3 Å². The molecular weight excluding hydrogens is 415 g/mol. The third-order valence-corrected chi connectivity index (χ3v) is 4.04. The molecule has 2 aliphatic heterocycles. The van der Waals surface area contributed by atoms with Gasteiger partial charge in [0.2, 0.25) is 0 Å². The molecule has 2 N–H and O–H groups in total. The summed E-state index contributed by atoms with van der Waals surface area (Å²) < 4.78 is 0. The molecule has 5 rings (SSSR count). The SMILES string of the molecule is C1=Cc2cc3ccc(cc4ccc(cc5nc(cc1n2)C=C5)[nH]4)[nH]3.[Sn]. The van der Waals surface area contributed by atoms with E-state index in [0.717, 1.165) is 44.8 Å². The Hall–Kier alpha value is -2.60. The second kappa shape index (κ2) is 6.37. The molecule has 4 nitrogen and oxygen atoms in total. The molecule has 0 aromatic carbocycles. The Bertz CT molecular complexity index is 1080. The quantitative estimate of drug-likeness (QED) is 0.362. The predicted octanol–water partition coefficient (Wildman–Crippen LogP) is 4.27. The van der Waals surface area contributed by atoms with Gasteiger partial charge in [0.05, 0.1) is 22.8 Å². The maximum absolute atomic E-state index is 4.62. The minimum absolute atomic E-state index is 0. The van der Waals surface area contributed by atoms with Crippen LogP contribution in [0.5, 0.6) is 0 Å². The number of aromatic amines is 2. The molecular formula is C20H14N4Sn. The van der Waals surface area contributed by atoms with Crippen molar-refractivity contribution in [1.82, 2.24) is 19.9 Å². The molecule has 0 atom stereocenters. The fraction of sp³-hybridized carbons (Fsp3) is 0. The summed E-state index contributed by atoms with van der Waals surface area (Å²) in [6.07, 6.45) is 8.05. The van der Waals surface area contributed by atoms with Gasteiger partial charge in [-0.3, -0.25) is 0 Å². The molecule has 0 amide bonds. The smallest absolute Gasteiger partial charge is 0.0659 e. The average molecular weight is 429 g/mol. The van der Waals surface area contributed by atoms with E-state index in [9.17, 15) is 0 Å². The molecule has 0 saturated heterocycles. The molecule has 5 heteroatoms. The van der Waals surface area contributed by atoms with Crippen LogP contribution in [0.1, 0.15) is 22.8 Å². The Kier molecular flexibility index (Phi) is 4.05. The summed E-state index contributed by atoms with van der Waals surface area (Å²) in [5.41, 5.74) is 7.86. The number of nitrogens with zero attached hydrogens (tertiary/aromatic N) is 2. The maximum atomic E-state index is 4.62. The van der Waals surface area contributed by atoms with Crippen molar-refractivity contribution in [1.29, 1.82) is 0 Å². The Morgan fingerprint density at radius 1 is 0.480 bits per heavy atom. The van der Waals surface area contributed by atoms with E-state index in [1.165, 1.54) is 0 Å². The van der Waals surface area contributed by atoms with Gasteiger partial charge in [-0.25, -0.2) is 9.97 Å². The third kappa shape index (κ3) is 3.30. The van der Waals surface area contributed by atoms with Crippen molar-refractivity contribution < 1.29 is 0 Å². The van der Waals surface area contributed by atoms with Crippen LogP contribution in [0.4, 0.5) is 0 Å². The second-order valence-corrected chi connectivity index (χ2v) is 5.91. The van der Waals surface area contributed by atoms with Crippen LogP contribution >= 0.6 is 0 Å². The molecule has 0 saturated carbocycles. The Labute approximate surface area is 161 Å². The number of rotatable bonds is 0. The van der Waals surface area contributed by atoms with Crippen LogP contribution in [-0.4, -0.2) is 43.8 Å². The van der Waals surface area contributed by atoms with Gasteiger partial charge in [-0.05, 0) is 72.8 Å². The summed E-state index contributed by atoms with van der Waals surface area (Å²) >= 11 is 0. The minimum Gasteiger partial charge on any atom is -0.355 e. The fourth-order valence-corrected chi connectivity index (χ4v) is 2.94. The van der Waals surface area contributed by atoms with Crippen molar-refractivity contribution in [3.8, 4) is 0 Å². The van der Waals surface area contributed by atoms with Gasteiger partial charge < -0.3 is 9.97 Å². The molecule has 0 unspecified atom stereocenters. The molecule has 0 aliphatic carbocycles. The van der Waals surface area contributed by atoms with E-state index in [1.54, 1.807) is 0 Å². The van der Waals surface area contributed by atoms with Crippen LogP contribution in [0, 0.1) is 0 Å². The van der Waals surface area contributed by atoms with Crippen molar-refractivity contribution in [2.24, 2.45) is 0 Å². The molecule has 2 aliphatic rings. The van der Waals surface area contributed by atoms with Gasteiger partial charge in [0, 0.05) is 46.0 Å². The van der Waals surface area contributed by atoms with Crippen LogP contribution in [0.25, 0.3) is 46.4 Å². The van der Waals surface area contributed by atoms with Crippen molar-refractivity contribution in [3.05, 3.63) is 71.3 Å². The molecule has 4 radical (unpaired) electrons. The Balaban J connectivity index is 0.00000157. The van der Waals surface area contributed by atoms with Crippen LogP contribution in [-0.2, 0) is 0 Å². The van der Waals surface area contributed by atoms with Gasteiger partial charge in [0.25, 0.3) is 0 Å². The van der Waals surface area contributed by atoms with Gasteiger partial charge in [-0.15, -0.1) is 0 Å². The van der Waals surface area contributed by atoms with Gasteiger partial charge in [-0.1, -0.05) is 0 Å². The van der Waals surface area contributed by atoms with Gasteiger partial charge in [0.15, 0.2) is 0 Å². The van der Waals surface area contributed by atoms with Crippen molar-refractivity contribution in [2.75, 3.05) is 0 Å². The molecule has 0 spiro atoms. The molecule has 8 bridgehead atoms. The number of fused-ring (bicyclic) bond motifs is 8. The van der Waals surface area contributed by atoms with Crippen LogP contribution < -0.4 is 0 Å². The molecule has 118 valence electrons. The molecule has 5 heterocycles. The first-order valence-corrected chi connectivity index (χ1v) is 7.85. The van der Waals surface area contributed by atoms with Gasteiger partial charge in [0.1, 0.15) is 0 Å². The van der Waals surface area contributed by atoms with Crippen molar-refractivity contribution in [3.63, 3.8) is 0 Å². The minimum atomic E-state index is 0. The number of aromatic nitrogens is 4. The van der Waals surface area contributed by atoms with Crippen LogP contribution in [0.2, 0.25) is 0 Å². The number of nitrogens with one attached hydrogen (secondary N) is 2. The number of hydrogen-bond donors (Lipinski definition) is 2. The zero-order valence-electron chi connectivity index (χ0n) is 13.3. The molecule has 3 aromatic heterocycles. The predicted molar refractivity (Wildman–Crippen MR) is 105 cm³/mol. The summed E-state index contributed by atoms with van der Waals surface area (Å²) in [7, 11) is 0. The van der Waals surface area contributed by atoms with Crippen LogP contribution in [0.3, 0.4) is 0 Å². The summed E-state index contributed by atoms with van der Waals surface area (Å²) in [5.74, 6) is 0. The molecule has 25 heavy (non-hydrogen) atoms. The summed E-state index contributed by atoms with van der Waals surface area (Å²) in [4.78, 5) is 16.0. The van der Waals surface area contributed by atoms with E-state index in [-0.39, 0.29) is 23.9 Å². The zero-order valence-corrected chi connectivity index (χ0v) is 16.2. The first-order valence-electron chi connectivity index (χ1n) is 7.85. The largest absolute Gasteiger partial charge is 0.355 e. The number of hydrogen-bond acceptors (Lipinski definition) is 2. The van der Waals surface area contributed by atoms with E-state index in [2.05, 4.69) is 50.3 Å². The average Bonchev–Trinajstić information content (AvgIpc) is 3.32. The first kappa shape index (κ1) is 15.9. The van der Waals surface area contributed by atoms with E-state index in [0.29, 0.717) is 0 Å². The normalized spacial score (nSPS) is 12.2. The van der Waals surface area contributed by atoms with Crippen molar-refractivity contribution in [2.45, 2.75) is 0 Å². The van der Waals surface area contributed by atoms with Gasteiger partial charge >= 0.3 is 0 Å². The Morgan fingerprint density at radius 2 is 0.840 bits per heavy atom. The summed E-state index contributed by atoms with van der Waals surface area (Å²) in [6, 6.07) is 16.4. The van der Waals surface area contributed by atoms with Gasteiger partial charge in [-0.2, -0.15) is 0 Å². The number of H-pyrrole nitrogens is 2. The topological polar surface area (TPSA) is 57.4 Å². The van der Waals surface area contributed by atoms with Crippen LogP contribution in [0.15, 0.2) is 48.5 Å². The monoisotopic (exact) mass is 430 g/mol. The van der Waals surface area contributed by atoms with E-state index < -0.39 is 0 Å². The first-order chi connectivity index (χ1) is 11.8. The van der Waals surface area contributed by atoms with E-state index in [4.69, 9.17) is 0 Å². The fourth-order valence-electron chi connectivity index (χ4n) is 2.94. The second-order valence-electron chi connectivity index (χ2n) is 5.91. The third-order valence-electron chi connectivity index (χ3n) is 4.04. The van der Waals surface area contributed by atoms with E-state index in [1.807, 2.05) is 42.5 Å². The molecule has 3 aromatic rings. The Morgan fingerprint density at radius 3 is 1.28 bits per heavy atom. The summed E-state index contributed by atoms with van der Waals surface area (Å²) in [6.45, 7) is 0. The molecule has 0 fully saturated rings. The standard InChI is InChI=1S/C20H14N4.Sn/c1-2-14-10-16-5-6-18(23-16)12-20-8-7-19(24-20)11-17-4-3-15(22-17)9-13(1)21-14;/h1-12,21-22H;. The maximum Gasteiger partial charge on any atom is 0.0659 e. The zero-order chi connectivity index (χ0) is 15.9.